The zero-order valence-electron chi connectivity index (χ0n) is 9.79. The van der Waals surface area contributed by atoms with E-state index in [1.807, 2.05) is 6.92 Å². The molecule has 0 radical (unpaired) electrons. The van der Waals surface area contributed by atoms with Crippen LogP contribution in [0.4, 0.5) is 0 Å². The summed E-state index contributed by atoms with van der Waals surface area (Å²) in [6.45, 7) is 2.39. The number of sulfonamides is 1. The van der Waals surface area contributed by atoms with Crippen molar-refractivity contribution < 1.29 is 8.42 Å². The van der Waals surface area contributed by atoms with Gasteiger partial charge < -0.3 is 0 Å². The lowest BCUT2D eigenvalue weighted by molar-refractivity contribution is 0.577. The van der Waals surface area contributed by atoms with E-state index in [-0.39, 0.29) is 9.92 Å². The van der Waals surface area contributed by atoms with Crippen molar-refractivity contribution in [3.8, 4) is 0 Å². The average molecular weight is 375 g/mol. The maximum absolute atomic E-state index is 12.0. The second kappa shape index (κ2) is 7.10. The molecule has 0 bridgehead atoms. The van der Waals surface area contributed by atoms with Gasteiger partial charge in [0.2, 0.25) is 10.0 Å². The van der Waals surface area contributed by atoms with E-state index in [0.29, 0.717) is 16.4 Å². The zero-order valence-corrected chi connectivity index (χ0v) is 13.7. The number of rotatable bonds is 6. The first kappa shape index (κ1) is 16.2. The Morgan fingerprint density at radius 2 is 2.06 bits per heavy atom. The summed E-state index contributed by atoms with van der Waals surface area (Å²) in [4.78, 5) is 0.389. The van der Waals surface area contributed by atoms with Gasteiger partial charge in [0.05, 0.1) is 5.02 Å². The average Bonchev–Trinajstić information content (AvgIpc) is 2.27. The first-order chi connectivity index (χ1) is 8.33. The minimum Gasteiger partial charge on any atom is -0.211 e. The zero-order chi connectivity index (χ0) is 13.8. The molecule has 1 aromatic carbocycles. The molecule has 0 amide bonds. The number of alkyl halides is 1. The van der Waals surface area contributed by atoms with E-state index in [2.05, 4.69) is 20.7 Å². The maximum Gasteiger partial charge on any atom is 0.242 e. The van der Waals surface area contributed by atoms with Gasteiger partial charge >= 0.3 is 0 Å². The molecule has 1 aromatic rings. The second-order valence-electron chi connectivity index (χ2n) is 3.90. The monoisotopic (exact) mass is 373 g/mol. The van der Waals surface area contributed by atoms with Gasteiger partial charge in [-0.25, -0.2) is 13.1 Å². The third kappa shape index (κ3) is 5.05. The largest absolute Gasteiger partial charge is 0.242 e. The smallest absolute Gasteiger partial charge is 0.211 e. The van der Waals surface area contributed by atoms with Gasteiger partial charge in [-0.2, -0.15) is 0 Å². The molecule has 3 nitrogen and oxygen atoms in total. The van der Waals surface area contributed by atoms with Crippen molar-refractivity contribution in [2.75, 3.05) is 6.54 Å². The van der Waals surface area contributed by atoms with E-state index in [1.54, 1.807) is 6.07 Å². The molecule has 0 aromatic heterocycles. The minimum absolute atomic E-state index is 0.0172. The van der Waals surface area contributed by atoms with Crippen LogP contribution in [0.25, 0.3) is 0 Å². The highest BCUT2D eigenvalue weighted by Gasteiger charge is 2.17. The molecule has 0 heterocycles. The molecule has 1 rings (SSSR count). The number of benzene rings is 1. The molecule has 1 unspecified atom stereocenters. The summed E-state index contributed by atoms with van der Waals surface area (Å²) in [7, 11) is -3.59. The normalized spacial score (nSPS) is 13.6. The van der Waals surface area contributed by atoms with Crippen LogP contribution in [0.2, 0.25) is 10.0 Å². The number of hydrogen-bond acceptors (Lipinski definition) is 2. The summed E-state index contributed by atoms with van der Waals surface area (Å²) >= 11 is 15.0. The van der Waals surface area contributed by atoms with Crippen molar-refractivity contribution in [3.05, 3.63) is 28.2 Å². The topological polar surface area (TPSA) is 46.2 Å². The molecule has 0 aliphatic carbocycles. The molecule has 102 valence electrons. The molecule has 0 aliphatic rings. The van der Waals surface area contributed by atoms with Crippen LogP contribution in [0.5, 0.6) is 0 Å². The maximum atomic E-state index is 12.0. The lowest BCUT2D eigenvalue weighted by atomic mass is 10.2. The molecular weight excluding hydrogens is 361 g/mol. The van der Waals surface area contributed by atoms with Crippen LogP contribution in [-0.4, -0.2) is 19.8 Å². The van der Waals surface area contributed by atoms with Gasteiger partial charge in [0, 0.05) is 16.4 Å². The van der Waals surface area contributed by atoms with Crippen LogP contribution in [0.15, 0.2) is 23.1 Å². The SMILES string of the molecule is CC(Br)CCCNS(=O)(=O)c1cc(Cl)ccc1Cl. The molecule has 18 heavy (non-hydrogen) atoms. The van der Waals surface area contributed by atoms with E-state index >= 15 is 0 Å². The molecule has 0 saturated heterocycles. The highest BCUT2D eigenvalue weighted by atomic mass is 79.9. The van der Waals surface area contributed by atoms with Crippen LogP contribution in [-0.2, 0) is 10.0 Å². The highest BCUT2D eigenvalue weighted by molar-refractivity contribution is 9.09. The highest BCUT2D eigenvalue weighted by Crippen LogP contribution is 2.24. The van der Waals surface area contributed by atoms with Gasteiger partial charge in [0.1, 0.15) is 4.90 Å². The van der Waals surface area contributed by atoms with Gasteiger partial charge in [-0.1, -0.05) is 46.1 Å². The third-order valence-electron chi connectivity index (χ3n) is 2.25. The summed E-state index contributed by atoms with van der Waals surface area (Å²) < 4.78 is 26.5. The van der Waals surface area contributed by atoms with Crippen LogP contribution in [0.3, 0.4) is 0 Å². The number of halogens is 3. The van der Waals surface area contributed by atoms with Crippen LogP contribution >= 0.6 is 39.1 Å². The van der Waals surface area contributed by atoms with Crippen molar-refractivity contribution in [1.82, 2.24) is 4.72 Å². The molecule has 0 spiro atoms. The van der Waals surface area contributed by atoms with Crippen molar-refractivity contribution >= 4 is 49.2 Å². The molecule has 7 heteroatoms. The van der Waals surface area contributed by atoms with E-state index in [9.17, 15) is 8.42 Å². The van der Waals surface area contributed by atoms with E-state index in [0.717, 1.165) is 12.8 Å². The van der Waals surface area contributed by atoms with Gasteiger partial charge in [0.25, 0.3) is 0 Å². The Labute approximate surface area is 126 Å². The van der Waals surface area contributed by atoms with Crippen molar-refractivity contribution in [3.63, 3.8) is 0 Å². The summed E-state index contributed by atoms with van der Waals surface area (Å²) in [5, 5.41) is 0.509. The minimum atomic E-state index is -3.59. The predicted molar refractivity (Wildman–Crippen MR) is 79.3 cm³/mol. The van der Waals surface area contributed by atoms with Crippen molar-refractivity contribution in [2.24, 2.45) is 0 Å². The Morgan fingerprint density at radius 1 is 1.39 bits per heavy atom. The summed E-state index contributed by atoms with van der Waals surface area (Å²) in [5.74, 6) is 0. The predicted octanol–water partition coefficient (Wildman–Crippen LogP) is 3.84. The third-order valence-corrected chi connectivity index (χ3v) is 4.89. The molecule has 0 aliphatic heterocycles. The van der Waals surface area contributed by atoms with Gasteiger partial charge in [-0.15, -0.1) is 0 Å². The Hall–Kier alpha value is 0.190. The van der Waals surface area contributed by atoms with Crippen LogP contribution in [0.1, 0.15) is 19.8 Å². The Morgan fingerprint density at radius 3 is 2.67 bits per heavy atom. The fourth-order valence-electron chi connectivity index (χ4n) is 1.35. The van der Waals surface area contributed by atoms with E-state index in [1.165, 1.54) is 12.1 Å². The lowest BCUT2D eigenvalue weighted by Gasteiger charge is -2.09. The first-order valence-electron chi connectivity index (χ1n) is 5.41. The standard InChI is InChI=1S/C11H14BrCl2NO2S/c1-8(12)3-2-6-15-18(16,17)11-7-9(13)4-5-10(11)14/h4-5,7-8,15H,2-3,6H2,1H3. The van der Waals surface area contributed by atoms with Crippen LogP contribution < -0.4 is 4.72 Å². The summed E-state index contributed by atoms with van der Waals surface area (Å²) in [6, 6.07) is 4.37. The van der Waals surface area contributed by atoms with E-state index < -0.39 is 10.0 Å². The molecule has 0 saturated carbocycles. The number of nitrogens with one attached hydrogen (secondary N) is 1. The van der Waals surface area contributed by atoms with E-state index in [4.69, 9.17) is 23.2 Å². The van der Waals surface area contributed by atoms with Crippen molar-refractivity contribution in [1.29, 1.82) is 0 Å². The summed E-state index contributed by atoms with van der Waals surface area (Å²) in [5.41, 5.74) is 0. The fourth-order valence-corrected chi connectivity index (χ4v) is 3.51. The van der Waals surface area contributed by atoms with Gasteiger partial charge in [0.15, 0.2) is 0 Å². The van der Waals surface area contributed by atoms with Gasteiger partial charge in [-0.05, 0) is 31.0 Å². The molecule has 0 fully saturated rings. The molecule has 1 N–H and O–H groups in total. The van der Waals surface area contributed by atoms with Gasteiger partial charge in [-0.3, -0.25) is 0 Å². The quantitative estimate of drug-likeness (QED) is 0.607. The lowest BCUT2D eigenvalue weighted by Crippen LogP contribution is -2.25. The molecular formula is C11H14BrCl2NO2S. The second-order valence-corrected chi connectivity index (χ2v) is 8.04. The Kier molecular flexibility index (Phi) is 6.41. The first-order valence-corrected chi connectivity index (χ1v) is 8.57. The Bertz CT molecular complexity index is 506. The molecule has 1 atom stereocenters. The van der Waals surface area contributed by atoms with Crippen LogP contribution in [0, 0.1) is 0 Å². The Balaban J connectivity index is 2.71. The summed E-state index contributed by atoms with van der Waals surface area (Å²) in [6.07, 6.45) is 1.65. The fraction of sp³-hybridized carbons (Fsp3) is 0.455. The van der Waals surface area contributed by atoms with Crippen molar-refractivity contribution in [2.45, 2.75) is 29.5 Å². The number of hydrogen-bond donors (Lipinski definition) is 1.